The van der Waals surface area contributed by atoms with Crippen LogP contribution in [0.4, 0.5) is 5.82 Å². The van der Waals surface area contributed by atoms with E-state index in [1.54, 1.807) is 19.2 Å². The zero-order valence-electron chi connectivity index (χ0n) is 8.95. The van der Waals surface area contributed by atoms with Gasteiger partial charge in [0.25, 0.3) is 5.91 Å². The first-order valence-electron chi connectivity index (χ1n) is 4.73. The molecule has 2 aromatic rings. The third-order valence-corrected chi connectivity index (χ3v) is 2.00. The van der Waals surface area contributed by atoms with Crippen molar-refractivity contribution in [2.45, 2.75) is 0 Å². The van der Waals surface area contributed by atoms with Crippen molar-refractivity contribution in [3.8, 4) is 6.07 Å². The molecular weight excluding hydrogens is 220 g/mol. The molecule has 2 rings (SSSR count). The van der Waals surface area contributed by atoms with Crippen LogP contribution < -0.4 is 5.32 Å². The van der Waals surface area contributed by atoms with Crippen LogP contribution in [-0.4, -0.2) is 25.9 Å². The average molecular weight is 228 g/mol. The Morgan fingerprint density at radius 2 is 2.41 bits per heavy atom. The Bertz CT molecular complexity index is 597. The van der Waals surface area contributed by atoms with Crippen LogP contribution in [0.3, 0.4) is 0 Å². The largest absolute Gasteiger partial charge is 0.304 e. The van der Waals surface area contributed by atoms with Gasteiger partial charge in [0.05, 0.1) is 11.8 Å². The average Bonchev–Trinajstić information content (AvgIpc) is 2.77. The van der Waals surface area contributed by atoms with Gasteiger partial charge in [-0.25, -0.2) is 4.98 Å². The predicted octanol–water partition coefficient (Wildman–Crippen LogP) is 0.334. The van der Waals surface area contributed by atoms with Gasteiger partial charge in [-0.1, -0.05) is 5.21 Å². The number of aryl methyl sites for hydroxylation is 1. The molecule has 7 heteroatoms. The summed E-state index contributed by atoms with van der Waals surface area (Å²) in [5.41, 5.74) is 0.465. The molecule has 0 aliphatic heterocycles. The SMILES string of the molecule is Cn1cc(C(=O)Nc2ncccc2C#N)nn1. The number of nitrogens with one attached hydrogen (secondary N) is 1. The van der Waals surface area contributed by atoms with Gasteiger partial charge in [-0.05, 0) is 12.1 Å². The molecule has 1 amide bonds. The number of nitriles is 1. The van der Waals surface area contributed by atoms with Crippen molar-refractivity contribution in [2.75, 3.05) is 5.32 Å². The maximum Gasteiger partial charge on any atom is 0.279 e. The highest BCUT2D eigenvalue weighted by Crippen LogP contribution is 2.10. The Hall–Kier alpha value is -2.75. The molecule has 0 bridgehead atoms. The van der Waals surface area contributed by atoms with E-state index in [2.05, 4.69) is 20.6 Å². The highest BCUT2D eigenvalue weighted by atomic mass is 16.2. The van der Waals surface area contributed by atoms with E-state index in [-0.39, 0.29) is 11.5 Å². The molecule has 0 fully saturated rings. The lowest BCUT2D eigenvalue weighted by molar-refractivity contribution is 0.102. The van der Waals surface area contributed by atoms with Gasteiger partial charge in [0, 0.05) is 13.2 Å². The van der Waals surface area contributed by atoms with Crippen LogP contribution in [-0.2, 0) is 7.05 Å². The van der Waals surface area contributed by atoms with E-state index < -0.39 is 5.91 Å². The molecule has 2 aromatic heterocycles. The molecule has 0 saturated heterocycles. The summed E-state index contributed by atoms with van der Waals surface area (Å²) in [6.07, 6.45) is 2.97. The fourth-order valence-corrected chi connectivity index (χ4v) is 1.22. The number of carbonyl (C=O) groups excluding carboxylic acids is 1. The highest BCUT2D eigenvalue weighted by Gasteiger charge is 2.12. The van der Waals surface area contributed by atoms with Crippen molar-refractivity contribution < 1.29 is 4.79 Å². The number of rotatable bonds is 2. The van der Waals surface area contributed by atoms with Crippen molar-refractivity contribution in [1.29, 1.82) is 5.26 Å². The van der Waals surface area contributed by atoms with E-state index in [9.17, 15) is 4.79 Å². The molecule has 0 aliphatic rings. The first-order chi connectivity index (χ1) is 8.20. The molecule has 0 radical (unpaired) electrons. The van der Waals surface area contributed by atoms with Crippen LogP contribution in [0.25, 0.3) is 0 Å². The number of nitrogens with zero attached hydrogens (tertiary/aromatic N) is 5. The third-order valence-electron chi connectivity index (χ3n) is 2.00. The molecule has 7 nitrogen and oxygen atoms in total. The predicted molar refractivity (Wildman–Crippen MR) is 57.9 cm³/mol. The fourth-order valence-electron chi connectivity index (χ4n) is 1.22. The van der Waals surface area contributed by atoms with Crippen LogP contribution in [0, 0.1) is 11.3 Å². The molecule has 0 aromatic carbocycles. The summed E-state index contributed by atoms with van der Waals surface area (Å²) in [7, 11) is 1.66. The Kier molecular flexibility index (Phi) is 2.79. The first-order valence-corrected chi connectivity index (χ1v) is 4.73. The van der Waals surface area contributed by atoms with Crippen molar-refractivity contribution in [1.82, 2.24) is 20.0 Å². The van der Waals surface area contributed by atoms with Gasteiger partial charge in [0.1, 0.15) is 6.07 Å². The summed E-state index contributed by atoms with van der Waals surface area (Å²) in [6, 6.07) is 5.13. The molecule has 0 saturated carbocycles. The summed E-state index contributed by atoms with van der Waals surface area (Å²) in [4.78, 5) is 15.6. The second-order valence-electron chi connectivity index (χ2n) is 3.24. The van der Waals surface area contributed by atoms with Crippen LogP contribution >= 0.6 is 0 Å². The van der Waals surface area contributed by atoms with Crippen LogP contribution in [0.15, 0.2) is 24.5 Å². The summed E-state index contributed by atoms with van der Waals surface area (Å²) < 4.78 is 1.42. The molecule has 0 spiro atoms. The maximum absolute atomic E-state index is 11.7. The lowest BCUT2D eigenvalue weighted by atomic mass is 10.3. The number of carbonyl (C=O) groups is 1. The van der Waals surface area contributed by atoms with Crippen LogP contribution in [0.2, 0.25) is 0 Å². The minimum atomic E-state index is -0.451. The lowest BCUT2D eigenvalue weighted by Gasteiger charge is -2.02. The molecule has 0 atom stereocenters. The summed E-state index contributed by atoms with van der Waals surface area (Å²) >= 11 is 0. The number of hydrogen-bond donors (Lipinski definition) is 1. The molecular formula is C10H8N6O. The molecule has 0 aliphatic carbocycles. The number of pyridine rings is 1. The molecule has 84 valence electrons. The van der Waals surface area contributed by atoms with E-state index in [0.717, 1.165) is 0 Å². The Morgan fingerprint density at radius 3 is 3.06 bits per heavy atom. The van der Waals surface area contributed by atoms with E-state index >= 15 is 0 Å². The van der Waals surface area contributed by atoms with Gasteiger partial charge in [-0.2, -0.15) is 5.26 Å². The summed E-state index contributed by atoms with van der Waals surface area (Å²) in [6.45, 7) is 0. The topological polar surface area (TPSA) is 96.5 Å². The van der Waals surface area contributed by atoms with E-state index in [1.165, 1.54) is 17.1 Å². The van der Waals surface area contributed by atoms with E-state index in [4.69, 9.17) is 5.26 Å². The zero-order valence-corrected chi connectivity index (χ0v) is 8.95. The minimum absolute atomic E-state index is 0.169. The van der Waals surface area contributed by atoms with Gasteiger partial charge in [-0.3, -0.25) is 9.48 Å². The van der Waals surface area contributed by atoms with Crippen molar-refractivity contribution in [3.05, 3.63) is 35.8 Å². The second-order valence-corrected chi connectivity index (χ2v) is 3.24. The monoisotopic (exact) mass is 228 g/mol. The number of hydrogen-bond acceptors (Lipinski definition) is 5. The number of aromatic nitrogens is 4. The fraction of sp³-hybridized carbons (Fsp3) is 0.100. The third kappa shape index (κ3) is 2.26. The quantitative estimate of drug-likeness (QED) is 0.799. The highest BCUT2D eigenvalue weighted by molar-refractivity contribution is 6.02. The summed E-state index contributed by atoms with van der Waals surface area (Å²) in [5.74, 6) is -0.237. The van der Waals surface area contributed by atoms with E-state index in [0.29, 0.717) is 5.56 Å². The Labute approximate surface area is 96.7 Å². The molecule has 17 heavy (non-hydrogen) atoms. The second kappa shape index (κ2) is 4.40. The van der Waals surface area contributed by atoms with E-state index in [1.807, 2.05) is 6.07 Å². The van der Waals surface area contributed by atoms with Crippen molar-refractivity contribution in [3.63, 3.8) is 0 Å². The van der Waals surface area contributed by atoms with Gasteiger partial charge < -0.3 is 5.32 Å². The van der Waals surface area contributed by atoms with Gasteiger partial charge >= 0.3 is 0 Å². The van der Waals surface area contributed by atoms with Crippen LogP contribution in [0.1, 0.15) is 16.1 Å². The lowest BCUT2D eigenvalue weighted by Crippen LogP contribution is -2.14. The normalized spacial score (nSPS) is 9.65. The number of amides is 1. The van der Waals surface area contributed by atoms with Gasteiger partial charge in [-0.15, -0.1) is 5.10 Å². The maximum atomic E-state index is 11.7. The van der Waals surface area contributed by atoms with Crippen LogP contribution in [0.5, 0.6) is 0 Å². The zero-order chi connectivity index (χ0) is 12.3. The van der Waals surface area contributed by atoms with Gasteiger partial charge in [0.15, 0.2) is 11.5 Å². The Morgan fingerprint density at radius 1 is 1.59 bits per heavy atom. The first kappa shape index (κ1) is 10.8. The van der Waals surface area contributed by atoms with Crippen molar-refractivity contribution in [2.24, 2.45) is 7.05 Å². The molecule has 1 N–H and O–H groups in total. The number of anilines is 1. The Balaban J connectivity index is 2.22. The van der Waals surface area contributed by atoms with Gasteiger partial charge in [0.2, 0.25) is 0 Å². The van der Waals surface area contributed by atoms with Crippen molar-refractivity contribution >= 4 is 11.7 Å². The molecule has 2 heterocycles. The molecule has 0 unspecified atom stereocenters. The summed E-state index contributed by atoms with van der Waals surface area (Å²) in [5, 5.41) is 18.6. The smallest absolute Gasteiger partial charge is 0.279 e. The standard InChI is InChI=1S/C10H8N6O/c1-16-6-8(14-15-16)10(17)13-9-7(5-11)3-2-4-12-9/h2-4,6H,1H3,(H,12,13,17). The minimum Gasteiger partial charge on any atom is -0.304 e.